The fourth-order valence-electron chi connectivity index (χ4n) is 2.50. The van der Waals surface area contributed by atoms with E-state index in [1.807, 2.05) is 11.6 Å². The van der Waals surface area contributed by atoms with E-state index in [4.69, 9.17) is 11.6 Å². The summed E-state index contributed by atoms with van der Waals surface area (Å²) in [4.78, 5) is 2.22. The van der Waals surface area contributed by atoms with Crippen molar-refractivity contribution in [2.24, 2.45) is 0 Å². The second-order valence-corrected chi connectivity index (χ2v) is 5.48. The molecule has 0 aliphatic carbocycles. The highest BCUT2D eigenvalue weighted by Crippen LogP contribution is 2.29. The van der Waals surface area contributed by atoms with Gasteiger partial charge in [-0.1, -0.05) is 25.4 Å². The van der Waals surface area contributed by atoms with Crippen molar-refractivity contribution in [2.75, 3.05) is 13.1 Å². The maximum absolute atomic E-state index is 10.0. The van der Waals surface area contributed by atoms with Crippen LogP contribution < -0.4 is 0 Å². The molecule has 102 valence electrons. The molecule has 18 heavy (non-hydrogen) atoms. The zero-order chi connectivity index (χ0) is 13.3. The normalized spacial score (nSPS) is 18.9. The van der Waals surface area contributed by atoms with E-state index in [0.29, 0.717) is 0 Å². The van der Waals surface area contributed by atoms with E-state index < -0.39 is 5.60 Å². The molecule has 1 N–H and O–H groups in total. The van der Waals surface area contributed by atoms with Gasteiger partial charge < -0.3 is 5.11 Å². The molecular weight excluding hydrogens is 250 g/mol. The Morgan fingerprint density at radius 1 is 1.33 bits per heavy atom. The average molecular weight is 272 g/mol. The van der Waals surface area contributed by atoms with E-state index in [0.717, 1.165) is 55.4 Å². The Morgan fingerprint density at radius 3 is 2.50 bits per heavy atom. The fourth-order valence-corrected chi connectivity index (χ4v) is 2.83. The van der Waals surface area contributed by atoms with Gasteiger partial charge in [-0.2, -0.15) is 5.10 Å². The Balaban J connectivity index is 2.08. The Kier molecular flexibility index (Phi) is 3.99. The number of nitrogens with zero attached hydrogens (tertiary/aromatic N) is 3. The van der Waals surface area contributed by atoms with Gasteiger partial charge in [0.15, 0.2) is 0 Å². The number of likely N-dealkylation sites (tertiary alicyclic amines) is 1. The van der Waals surface area contributed by atoms with Gasteiger partial charge in [0.1, 0.15) is 0 Å². The lowest BCUT2D eigenvalue weighted by atomic mass is 9.91. The third-order valence-electron chi connectivity index (χ3n) is 3.76. The Hall–Kier alpha value is -0.580. The molecule has 1 saturated heterocycles. The first kappa shape index (κ1) is 13.8. The summed E-state index contributed by atoms with van der Waals surface area (Å²) in [5, 5.41) is 15.3. The molecule has 2 rings (SSSR count). The van der Waals surface area contributed by atoms with Gasteiger partial charge in [-0.3, -0.25) is 9.58 Å². The van der Waals surface area contributed by atoms with Crippen molar-refractivity contribution in [1.29, 1.82) is 0 Å². The molecule has 1 fully saturated rings. The molecule has 1 aliphatic heterocycles. The van der Waals surface area contributed by atoms with Gasteiger partial charge in [-0.05, 0) is 19.8 Å². The van der Waals surface area contributed by atoms with Crippen LogP contribution in [-0.2, 0) is 19.5 Å². The first-order chi connectivity index (χ1) is 8.53. The summed E-state index contributed by atoms with van der Waals surface area (Å²) in [7, 11) is 0. The van der Waals surface area contributed by atoms with Crippen molar-refractivity contribution in [3.63, 3.8) is 0 Å². The maximum atomic E-state index is 10.0. The summed E-state index contributed by atoms with van der Waals surface area (Å²) in [6, 6.07) is 0. The number of hydrogen-bond acceptors (Lipinski definition) is 3. The van der Waals surface area contributed by atoms with E-state index in [1.165, 1.54) is 0 Å². The quantitative estimate of drug-likeness (QED) is 0.891. The summed E-state index contributed by atoms with van der Waals surface area (Å²) < 4.78 is 1.98. The average Bonchev–Trinajstić information content (AvgIpc) is 2.64. The SMILES string of the molecule is CCc1nn(CC)c(CN2CC(O)(CC)C2)c1Cl. The standard InChI is InChI=1S/C13H22ClN3O/c1-4-10-12(14)11(17(6-3)15-10)7-16-8-13(18,5-2)9-16/h18H,4-9H2,1-3H3. The highest BCUT2D eigenvalue weighted by Gasteiger charge is 2.39. The molecule has 5 heteroatoms. The minimum absolute atomic E-state index is 0.489. The molecule has 0 atom stereocenters. The molecule has 0 saturated carbocycles. The van der Waals surface area contributed by atoms with E-state index in [-0.39, 0.29) is 0 Å². The summed E-state index contributed by atoms with van der Waals surface area (Å²) in [6.45, 7) is 9.24. The topological polar surface area (TPSA) is 41.3 Å². The number of hydrogen-bond donors (Lipinski definition) is 1. The van der Waals surface area contributed by atoms with Crippen LogP contribution in [0.15, 0.2) is 0 Å². The molecule has 0 aromatic carbocycles. The van der Waals surface area contributed by atoms with Gasteiger partial charge in [0.25, 0.3) is 0 Å². The first-order valence-electron chi connectivity index (χ1n) is 6.71. The van der Waals surface area contributed by atoms with E-state index in [1.54, 1.807) is 0 Å². The third-order valence-corrected chi connectivity index (χ3v) is 4.20. The molecule has 0 amide bonds. The molecule has 2 heterocycles. The number of halogens is 1. The summed E-state index contributed by atoms with van der Waals surface area (Å²) in [5.74, 6) is 0. The van der Waals surface area contributed by atoms with Gasteiger partial charge in [0, 0.05) is 26.2 Å². The monoisotopic (exact) mass is 271 g/mol. The molecule has 1 aromatic rings. The molecule has 0 bridgehead atoms. The van der Waals surface area contributed by atoms with Crippen LogP contribution in [0.2, 0.25) is 5.02 Å². The Bertz CT molecular complexity index is 424. The summed E-state index contributed by atoms with van der Waals surface area (Å²) >= 11 is 6.37. The van der Waals surface area contributed by atoms with Crippen molar-refractivity contribution < 1.29 is 5.11 Å². The number of aromatic nitrogens is 2. The lowest BCUT2D eigenvalue weighted by Crippen LogP contribution is -2.60. The molecule has 0 radical (unpaired) electrons. The van der Waals surface area contributed by atoms with Crippen molar-refractivity contribution >= 4 is 11.6 Å². The first-order valence-corrected chi connectivity index (χ1v) is 7.09. The minimum Gasteiger partial charge on any atom is -0.387 e. The van der Waals surface area contributed by atoms with Crippen LogP contribution in [0.1, 0.15) is 38.6 Å². The third kappa shape index (κ3) is 2.42. The van der Waals surface area contributed by atoms with Crippen molar-refractivity contribution in [3.05, 3.63) is 16.4 Å². The van der Waals surface area contributed by atoms with Crippen molar-refractivity contribution in [3.8, 4) is 0 Å². The Labute approximate surface area is 114 Å². The van der Waals surface area contributed by atoms with E-state index in [9.17, 15) is 5.11 Å². The van der Waals surface area contributed by atoms with Crippen LogP contribution in [0.5, 0.6) is 0 Å². The molecular formula is C13H22ClN3O. The lowest BCUT2D eigenvalue weighted by Gasteiger charge is -2.46. The van der Waals surface area contributed by atoms with Crippen LogP contribution in [0.4, 0.5) is 0 Å². The number of β-amino-alcohol motifs (C(OH)–C–C–N with tert-alkyl or cyclic N) is 1. The zero-order valence-corrected chi connectivity index (χ0v) is 12.2. The van der Waals surface area contributed by atoms with Crippen LogP contribution in [-0.4, -0.2) is 38.5 Å². The number of aliphatic hydroxyl groups is 1. The molecule has 0 unspecified atom stereocenters. The number of aryl methyl sites for hydroxylation is 2. The maximum Gasteiger partial charge on any atom is 0.0897 e. The highest BCUT2D eigenvalue weighted by atomic mass is 35.5. The predicted molar refractivity (Wildman–Crippen MR) is 72.8 cm³/mol. The molecule has 4 nitrogen and oxygen atoms in total. The highest BCUT2D eigenvalue weighted by molar-refractivity contribution is 6.31. The van der Waals surface area contributed by atoms with Crippen LogP contribution in [0.3, 0.4) is 0 Å². The van der Waals surface area contributed by atoms with Gasteiger partial charge in [0.05, 0.1) is 22.0 Å². The van der Waals surface area contributed by atoms with Gasteiger partial charge in [-0.15, -0.1) is 0 Å². The van der Waals surface area contributed by atoms with Crippen LogP contribution in [0, 0.1) is 0 Å². The second kappa shape index (κ2) is 5.19. The van der Waals surface area contributed by atoms with E-state index in [2.05, 4.69) is 23.8 Å². The second-order valence-electron chi connectivity index (χ2n) is 5.10. The summed E-state index contributed by atoms with van der Waals surface area (Å²) in [5.41, 5.74) is 1.56. The smallest absolute Gasteiger partial charge is 0.0897 e. The number of rotatable bonds is 5. The largest absolute Gasteiger partial charge is 0.387 e. The molecule has 1 aromatic heterocycles. The summed E-state index contributed by atoms with van der Waals surface area (Å²) in [6.07, 6.45) is 1.67. The zero-order valence-electron chi connectivity index (χ0n) is 11.4. The van der Waals surface area contributed by atoms with Gasteiger partial charge >= 0.3 is 0 Å². The Morgan fingerprint density at radius 2 is 2.00 bits per heavy atom. The van der Waals surface area contributed by atoms with Gasteiger partial charge in [0.2, 0.25) is 0 Å². The fraction of sp³-hybridized carbons (Fsp3) is 0.769. The molecule has 1 aliphatic rings. The van der Waals surface area contributed by atoms with Crippen LogP contribution >= 0.6 is 11.6 Å². The lowest BCUT2D eigenvalue weighted by molar-refractivity contribution is -0.104. The van der Waals surface area contributed by atoms with Crippen molar-refractivity contribution in [1.82, 2.24) is 14.7 Å². The van der Waals surface area contributed by atoms with Crippen molar-refractivity contribution in [2.45, 2.75) is 52.3 Å². The minimum atomic E-state index is -0.489. The predicted octanol–water partition coefficient (Wildman–Crippen LogP) is 2.08. The van der Waals surface area contributed by atoms with Crippen LogP contribution in [0.25, 0.3) is 0 Å². The van der Waals surface area contributed by atoms with Gasteiger partial charge in [-0.25, -0.2) is 0 Å². The molecule has 0 spiro atoms. The van der Waals surface area contributed by atoms with E-state index >= 15 is 0 Å².